The molecule has 0 heterocycles. The lowest BCUT2D eigenvalue weighted by molar-refractivity contribution is -0.0587. The second-order valence-electron chi connectivity index (χ2n) is 7.25. The van der Waals surface area contributed by atoms with E-state index in [4.69, 9.17) is 14.2 Å². The van der Waals surface area contributed by atoms with Gasteiger partial charge < -0.3 is 19.3 Å². The molecular formula is C19H33NO4. The van der Waals surface area contributed by atoms with Crippen LogP contribution < -0.4 is 9.47 Å². The molecule has 1 atom stereocenters. The number of rotatable bonds is 9. The van der Waals surface area contributed by atoms with Crippen molar-refractivity contribution in [1.29, 1.82) is 0 Å². The van der Waals surface area contributed by atoms with Crippen LogP contribution in [0.1, 0.15) is 40.2 Å². The van der Waals surface area contributed by atoms with E-state index in [1.165, 1.54) is 0 Å². The van der Waals surface area contributed by atoms with E-state index < -0.39 is 6.10 Å². The summed E-state index contributed by atoms with van der Waals surface area (Å²) in [6.45, 7) is 11.7. The Labute approximate surface area is 146 Å². The monoisotopic (exact) mass is 339 g/mol. The molecule has 0 aromatic heterocycles. The van der Waals surface area contributed by atoms with Gasteiger partial charge in [0.2, 0.25) is 0 Å². The maximum atomic E-state index is 10.3. The molecule has 1 aromatic rings. The zero-order valence-corrected chi connectivity index (χ0v) is 16.1. The van der Waals surface area contributed by atoms with Crippen molar-refractivity contribution in [3.63, 3.8) is 0 Å². The summed E-state index contributed by atoms with van der Waals surface area (Å²) in [7, 11) is 3.28. The minimum atomic E-state index is -0.539. The lowest BCUT2D eigenvalue weighted by atomic mass is 10.1. The molecule has 24 heavy (non-hydrogen) atoms. The van der Waals surface area contributed by atoms with Crippen LogP contribution >= 0.6 is 0 Å². The molecule has 138 valence electrons. The number of nitrogens with zero attached hydrogens (tertiary/aromatic N) is 1. The molecule has 0 aliphatic carbocycles. The highest BCUT2D eigenvalue weighted by atomic mass is 16.5. The first-order valence-corrected chi connectivity index (χ1v) is 8.44. The van der Waals surface area contributed by atoms with Gasteiger partial charge in [0.15, 0.2) is 11.5 Å². The Morgan fingerprint density at radius 3 is 2.29 bits per heavy atom. The number of para-hydroxylation sites is 1. The van der Waals surface area contributed by atoms with Gasteiger partial charge in [0.1, 0.15) is 0 Å². The number of methoxy groups -OCH3 is 2. The predicted molar refractivity (Wildman–Crippen MR) is 96.8 cm³/mol. The van der Waals surface area contributed by atoms with E-state index >= 15 is 0 Å². The summed E-state index contributed by atoms with van der Waals surface area (Å²) in [6.07, 6.45) is -0.539. The molecule has 0 amide bonds. The number of hydrogen-bond donors (Lipinski definition) is 1. The average molecular weight is 339 g/mol. The molecule has 0 radical (unpaired) electrons. The normalized spacial score (nSPS) is 13.4. The first-order chi connectivity index (χ1) is 11.2. The van der Waals surface area contributed by atoms with E-state index in [-0.39, 0.29) is 11.6 Å². The first kappa shape index (κ1) is 20.7. The molecule has 0 fully saturated rings. The molecule has 0 saturated carbocycles. The molecule has 0 spiro atoms. The van der Waals surface area contributed by atoms with Gasteiger partial charge in [-0.15, -0.1) is 0 Å². The highest BCUT2D eigenvalue weighted by Crippen LogP contribution is 2.31. The molecule has 1 N–H and O–H groups in total. The van der Waals surface area contributed by atoms with Crippen LogP contribution in [0.15, 0.2) is 18.2 Å². The third-order valence-corrected chi connectivity index (χ3v) is 3.74. The van der Waals surface area contributed by atoms with Crippen molar-refractivity contribution in [1.82, 2.24) is 4.90 Å². The second kappa shape index (κ2) is 9.25. The zero-order chi connectivity index (χ0) is 18.3. The third kappa shape index (κ3) is 6.67. The van der Waals surface area contributed by atoms with Crippen molar-refractivity contribution in [2.24, 2.45) is 0 Å². The van der Waals surface area contributed by atoms with Crippen LogP contribution in [0.25, 0.3) is 0 Å². The van der Waals surface area contributed by atoms with Crippen molar-refractivity contribution in [3.05, 3.63) is 23.8 Å². The SMILES string of the molecule is COc1cccc(CN(C[C@@H](O)COC(C)(C)C)C(C)C)c1OC. The highest BCUT2D eigenvalue weighted by Gasteiger charge is 2.20. The van der Waals surface area contributed by atoms with Gasteiger partial charge in [-0.25, -0.2) is 0 Å². The maximum Gasteiger partial charge on any atom is 0.165 e. The van der Waals surface area contributed by atoms with Crippen LogP contribution in [0.2, 0.25) is 0 Å². The standard InChI is InChI=1S/C19H33NO4/c1-14(2)20(12-16(21)13-24-19(3,4)5)11-15-9-8-10-17(22-6)18(15)23-7/h8-10,14,16,21H,11-13H2,1-7H3/t16-/m1/s1. The Morgan fingerprint density at radius 2 is 1.79 bits per heavy atom. The summed E-state index contributed by atoms with van der Waals surface area (Å²) in [4.78, 5) is 2.20. The fraction of sp³-hybridized carbons (Fsp3) is 0.684. The second-order valence-corrected chi connectivity index (χ2v) is 7.25. The quantitative estimate of drug-likeness (QED) is 0.749. The molecule has 0 aliphatic rings. The van der Waals surface area contributed by atoms with Gasteiger partial charge in [0, 0.05) is 24.7 Å². The summed E-state index contributed by atoms with van der Waals surface area (Å²) < 4.78 is 16.6. The summed E-state index contributed by atoms with van der Waals surface area (Å²) in [5.74, 6) is 1.46. The van der Waals surface area contributed by atoms with Gasteiger partial charge in [-0.1, -0.05) is 12.1 Å². The Bertz CT molecular complexity index is 497. The first-order valence-electron chi connectivity index (χ1n) is 8.44. The largest absolute Gasteiger partial charge is 0.493 e. The average Bonchev–Trinajstić information content (AvgIpc) is 2.51. The molecule has 0 aliphatic heterocycles. The van der Waals surface area contributed by atoms with Crippen molar-refractivity contribution in [2.45, 2.75) is 58.9 Å². The molecule has 5 nitrogen and oxygen atoms in total. The lowest BCUT2D eigenvalue weighted by Crippen LogP contribution is -2.40. The third-order valence-electron chi connectivity index (χ3n) is 3.74. The smallest absolute Gasteiger partial charge is 0.165 e. The Hall–Kier alpha value is -1.30. The fourth-order valence-electron chi connectivity index (χ4n) is 2.42. The Kier molecular flexibility index (Phi) is 8.00. The Balaban J connectivity index is 2.80. The summed E-state index contributed by atoms with van der Waals surface area (Å²) in [6, 6.07) is 6.14. The molecule has 0 bridgehead atoms. The number of benzene rings is 1. The van der Waals surface area contributed by atoms with Gasteiger partial charge in [-0.3, -0.25) is 4.90 Å². The fourth-order valence-corrected chi connectivity index (χ4v) is 2.42. The maximum absolute atomic E-state index is 10.3. The van der Waals surface area contributed by atoms with Crippen LogP contribution in [-0.2, 0) is 11.3 Å². The van der Waals surface area contributed by atoms with Crippen molar-refractivity contribution >= 4 is 0 Å². The van der Waals surface area contributed by atoms with E-state index in [1.54, 1.807) is 14.2 Å². The van der Waals surface area contributed by atoms with Crippen LogP contribution in [0.3, 0.4) is 0 Å². The molecule has 1 aromatic carbocycles. The van der Waals surface area contributed by atoms with Gasteiger partial charge in [-0.05, 0) is 40.7 Å². The van der Waals surface area contributed by atoms with Crippen molar-refractivity contribution < 1.29 is 19.3 Å². The van der Waals surface area contributed by atoms with Crippen LogP contribution in [-0.4, -0.2) is 55.1 Å². The highest BCUT2D eigenvalue weighted by molar-refractivity contribution is 5.46. The number of aliphatic hydroxyl groups excluding tert-OH is 1. The van der Waals surface area contributed by atoms with Gasteiger partial charge in [0.05, 0.1) is 32.5 Å². The van der Waals surface area contributed by atoms with E-state index in [1.807, 2.05) is 39.0 Å². The number of aliphatic hydroxyl groups is 1. The molecule has 0 saturated heterocycles. The minimum Gasteiger partial charge on any atom is -0.493 e. The predicted octanol–water partition coefficient (Wildman–Crippen LogP) is 3.09. The van der Waals surface area contributed by atoms with Gasteiger partial charge >= 0.3 is 0 Å². The van der Waals surface area contributed by atoms with Crippen LogP contribution in [0.4, 0.5) is 0 Å². The van der Waals surface area contributed by atoms with E-state index in [2.05, 4.69) is 18.7 Å². The summed E-state index contributed by atoms with van der Waals surface area (Å²) >= 11 is 0. The zero-order valence-electron chi connectivity index (χ0n) is 16.1. The van der Waals surface area contributed by atoms with E-state index in [0.29, 0.717) is 19.7 Å². The summed E-state index contributed by atoms with van der Waals surface area (Å²) in [5.41, 5.74) is 0.786. The number of hydrogen-bond acceptors (Lipinski definition) is 5. The van der Waals surface area contributed by atoms with Crippen LogP contribution in [0.5, 0.6) is 11.5 Å². The lowest BCUT2D eigenvalue weighted by Gasteiger charge is -2.30. The van der Waals surface area contributed by atoms with E-state index in [9.17, 15) is 5.11 Å². The molecule has 0 unspecified atom stereocenters. The molecular weight excluding hydrogens is 306 g/mol. The van der Waals surface area contributed by atoms with Gasteiger partial charge in [-0.2, -0.15) is 0 Å². The Morgan fingerprint density at radius 1 is 1.12 bits per heavy atom. The van der Waals surface area contributed by atoms with Crippen LogP contribution in [0, 0.1) is 0 Å². The van der Waals surface area contributed by atoms with Gasteiger partial charge in [0.25, 0.3) is 0 Å². The van der Waals surface area contributed by atoms with Crippen molar-refractivity contribution in [3.8, 4) is 11.5 Å². The minimum absolute atomic E-state index is 0.250. The summed E-state index contributed by atoms with van der Waals surface area (Å²) in [5, 5.41) is 10.3. The van der Waals surface area contributed by atoms with Crippen molar-refractivity contribution in [2.75, 3.05) is 27.4 Å². The topological polar surface area (TPSA) is 51.2 Å². The molecule has 5 heteroatoms. The molecule has 1 rings (SSSR count). The van der Waals surface area contributed by atoms with E-state index in [0.717, 1.165) is 17.1 Å². The number of ether oxygens (including phenoxy) is 3.